The molecule has 0 aliphatic rings. The normalized spacial score (nSPS) is 12.3. The molecule has 0 heterocycles. The van der Waals surface area contributed by atoms with E-state index in [2.05, 4.69) is 29.5 Å². The number of hydrogen-bond acceptors (Lipinski definition) is 4. The topological polar surface area (TPSA) is 75.2 Å². The van der Waals surface area contributed by atoms with Crippen molar-refractivity contribution in [2.45, 2.75) is 46.6 Å². The third-order valence-corrected chi connectivity index (χ3v) is 3.96. The Balaban J connectivity index is 2.93. The van der Waals surface area contributed by atoms with Crippen molar-refractivity contribution in [1.82, 2.24) is 15.5 Å². The molecule has 1 unspecified atom stereocenters. The summed E-state index contributed by atoms with van der Waals surface area (Å²) in [5, 5.41) is 6.52. The summed E-state index contributed by atoms with van der Waals surface area (Å²) in [5.74, 6) is 2.08. The average molecular weight is 393 g/mol. The van der Waals surface area contributed by atoms with Gasteiger partial charge in [0.05, 0.1) is 19.3 Å². The van der Waals surface area contributed by atoms with E-state index >= 15 is 0 Å². The number of guanidine groups is 1. The molecule has 1 rings (SSSR count). The van der Waals surface area contributed by atoms with Gasteiger partial charge in [0.15, 0.2) is 17.5 Å². The van der Waals surface area contributed by atoms with Gasteiger partial charge in [-0.2, -0.15) is 0 Å². The van der Waals surface area contributed by atoms with E-state index in [1.165, 1.54) is 4.90 Å². The maximum absolute atomic E-state index is 11.8. The van der Waals surface area contributed by atoms with Crippen molar-refractivity contribution in [1.29, 1.82) is 0 Å². The first-order valence-electron chi connectivity index (χ1n) is 10.1. The van der Waals surface area contributed by atoms with Crippen LogP contribution in [0, 0.1) is 0 Å². The molecule has 1 atom stereocenters. The van der Waals surface area contributed by atoms with Crippen LogP contribution in [0.5, 0.6) is 11.5 Å². The number of aliphatic imine (C=N–C) groups is 1. The third-order valence-electron chi connectivity index (χ3n) is 3.96. The number of hydrogen-bond donors (Lipinski definition) is 2. The second-order valence-electron chi connectivity index (χ2n) is 6.75. The summed E-state index contributed by atoms with van der Waals surface area (Å²) in [7, 11) is 3.45. The molecule has 158 valence electrons. The number of likely N-dealkylation sites (N-methyl/N-ethyl adjacent to an activating group) is 1. The fraction of sp³-hybridized carbons (Fsp3) is 0.619. The van der Waals surface area contributed by atoms with Crippen LogP contribution < -0.4 is 20.1 Å². The van der Waals surface area contributed by atoms with Gasteiger partial charge in [-0.1, -0.05) is 19.9 Å². The summed E-state index contributed by atoms with van der Waals surface area (Å²) in [5.41, 5.74) is 1.06. The zero-order chi connectivity index (χ0) is 20.9. The molecule has 1 amide bonds. The number of ether oxygens (including phenoxy) is 2. The average Bonchev–Trinajstić information content (AvgIpc) is 2.68. The van der Waals surface area contributed by atoms with Crippen LogP contribution in [-0.4, -0.2) is 57.2 Å². The van der Waals surface area contributed by atoms with E-state index in [-0.39, 0.29) is 18.5 Å². The molecule has 0 aromatic heterocycles. The van der Waals surface area contributed by atoms with E-state index in [1.807, 2.05) is 32.0 Å². The van der Waals surface area contributed by atoms with Crippen LogP contribution in [0.3, 0.4) is 0 Å². The summed E-state index contributed by atoms with van der Waals surface area (Å²) in [6, 6.07) is 5.97. The van der Waals surface area contributed by atoms with Crippen LogP contribution in [0.15, 0.2) is 23.2 Å². The van der Waals surface area contributed by atoms with E-state index < -0.39 is 0 Å². The largest absolute Gasteiger partial charge is 0.490 e. The number of carbonyl (C=O) groups excluding carboxylic acids is 1. The minimum atomic E-state index is -0.0440. The molecule has 0 aliphatic heterocycles. The number of nitrogens with zero attached hydrogens (tertiary/aromatic N) is 2. The number of amides is 1. The summed E-state index contributed by atoms with van der Waals surface area (Å²) in [6.07, 6.45) is 1.88. The molecule has 0 saturated carbocycles. The highest BCUT2D eigenvalue weighted by Crippen LogP contribution is 2.31. The van der Waals surface area contributed by atoms with E-state index in [4.69, 9.17) is 9.47 Å². The summed E-state index contributed by atoms with van der Waals surface area (Å²) < 4.78 is 11.7. The van der Waals surface area contributed by atoms with Crippen LogP contribution in [-0.2, 0) is 4.79 Å². The Morgan fingerprint density at radius 2 is 1.75 bits per heavy atom. The minimum absolute atomic E-state index is 0.0172. The van der Waals surface area contributed by atoms with E-state index in [0.717, 1.165) is 29.9 Å². The predicted molar refractivity (Wildman–Crippen MR) is 114 cm³/mol. The van der Waals surface area contributed by atoms with Gasteiger partial charge in [-0.3, -0.25) is 4.79 Å². The molecule has 0 saturated heterocycles. The zero-order valence-corrected chi connectivity index (χ0v) is 18.2. The van der Waals surface area contributed by atoms with Crippen molar-refractivity contribution < 1.29 is 14.3 Å². The lowest BCUT2D eigenvalue weighted by Crippen LogP contribution is -2.39. The van der Waals surface area contributed by atoms with Gasteiger partial charge in [0.25, 0.3) is 0 Å². The number of nitrogens with one attached hydrogen (secondary N) is 2. The minimum Gasteiger partial charge on any atom is -0.490 e. The molecule has 0 aliphatic carbocycles. The highest BCUT2D eigenvalue weighted by atomic mass is 16.5. The Kier molecular flexibility index (Phi) is 10.8. The molecule has 2 N–H and O–H groups in total. The Morgan fingerprint density at radius 1 is 1.11 bits per heavy atom. The first kappa shape index (κ1) is 23.6. The number of rotatable bonds is 11. The Morgan fingerprint density at radius 3 is 2.32 bits per heavy atom. The van der Waals surface area contributed by atoms with Crippen LogP contribution in [0.4, 0.5) is 0 Å². The lowest BCUT2D eigenvalue weighted by molar-refractivity contribution is -0.127. The van der Waals surface area contributed by atoms with Gasteiger partial charge in [0.2, 0.25) is 5.91 Å². The predicted octanol–water partition coefficient (Wildman–Crippen LogP) is 2.97. The summed E-state index contributed by atoms with van der Waals surface area (Å²) >= 11 is 0. The molecular formula is C21H36N4O3. The molecule has 28 heavy (non-hydrogen) atoms. The third kappa shape index (κ3) is 8.06. The maximum atomic E-state index is 11.8. The fourth-order valence-corrected chi connectivity index (χ4v) is 2.35. The molecule has 0 fully saturated rings. The molecule has 0 radical (unpaired) electrons. The van der Waals surface area contributed by atoms with Gasteiger partial charge in [-0.05, 0) is 44.4 Å². The van der Waals surface area contributed by atoms with E-state index in [1.54, 1.807) is 14.1 Å². The lowest BCUT2D eigenvalue weighted by atomic mass is 10.1. The molecular weight excluding hydrogens is 356 g/mol. The smallest absolute Gasteiger partial charge is 0.243 e. The van der Waals surface area contributed by atoms with Crippen molar-refractivity contribution in [3.05, 3.63) is 23.8 Å². The SMILES string of the molecule is CCCOc1ccc(C(C)NC(=NCC(=O)N(C)C)NCC)cc1OCCC. The molecule has 1 aromatic rings. The monoisotopic (exact) mass is 392 g/mol. The van der Waals surface area contributed by atoms with Crippen molar-refractivity contribution >= 4 is 11.9 Å². The molecule has 1 aromatic carbocycles. The molecule has 7 nitrogen and oxygen atoms in total. The molecule has 0 spiro atoms. The Hall–Kier alpha value is -2.44. The van der Waals surface area contributed by atoms with Crippen molar-refractivity contribution in [2.75, 3.05) is 40.4 Å². The fourth-order valence-electron chi connectivity index (χ4n) is 2.35. The zero-order valence-electron chi connectivity index (χ0n) is 18.2. The summed E-state index contributed by atoms with van der Waals surface area (Å²) in [4.78, 5) is 17.7. The number of carbonyl (C=O) groups is 1. The highest BCUT2D eigenvalue weighted by molar-refractivity contribution is 5.85. The van der Waals surface area contributed by atoms with Gasteiger partial charge in [0, 0.05) is 20.6 Å². The van der Waals surface area contributed by atoms with Crippen molar-refractivity contribution in [3.8, 4) is 11.5 Å². The Bertz CT molecular complexity index is 632. The van der Waals surface area contributed by atoms with Crippen LogP contribution in [0.2, 0.25) is 0 Å². The Labute approximate surface area is 169 Å². The first-order valence-corrected chi connectivity index (χ1v) is 10.1. The van der Waals surface area contributed by atoms with Gasteiger partial charge < -0.3 is 25.0 Å². The highest BCUT2D eigenvalue weighted by Gasteiger charge is 2.13. The van der Waals surface area contributed by atoms with Crippen LogP contribution in [0.1, 0.15) is 52.1 Å². The van der Waals surface area contributed by atoms with E-state index in [9.17, 15) is 4.79 Å². The second kappa shape index (κ2) is 12.9. The lowest BCUT2D eigenvalue weighted by Gasteiger charge is -2.20. The van der Waals surface area contributed by atoms with Gasteiger partial charge in [-0.25, -0.2) is 4.99 Å². The van der Waals surface area contributed by atoms with Gasteiger partial charge in [0.1, 0.15) is 6.54 Å². The van der Waals surface area contributed by atoms with E-state index in [0.29, 0.717) is 25.7 Å². The van der Waals surface area contributed by atoms with Crippen molar-refractivity contribution in [2.24, 2.45) is 4.99 Å². The van der Waals surface area contributed by atoms with Crippen LogP contribution >= 0.6 is 0 Å². The molecule has 0 bridgehead atoms. The van der Waals surface area contributed by atoms with Gasteiger partial charge >= 0.3 is 0 Å². The second-order valence-corrected chi connectivity index (χ2v) is 6.75. The van der Waals surface area contributed by atoms with Gasteiger partial charge in [-0.15, -0.1) is 0 Å². The standard InChI is InChI=1S/C21H36N4O3/c1-7-12-27-18-11-10-17(14-19(18)28-13-8-2)16(4)24-21(22-9-3)23-15-20(26)25(5)6/h10-11,14,16H,7-9,12-13,15H2,1-6H3,(H2,22,23,24). The molecule has 7 heteroatoms. The van der Waals surface area contributed by atoms with Crippen molar-refractivity contribution in [3.63, 3.8) is 0 Å². The number of benzene rings is 1. The first-order chi connectivity index (χ1) is 13.4. The quantitative estimate of drug-likeness (QED) is 0.447. The maximum Gasteiger partial charge on any atom is 0.243 e. The van der Waals surface area contributed by atoms with Crippen LogP contribution in [0.25, 0.3) is 0 Å². The summed E-state index contributed by atoms with van der Waals surface area (Å²) in [6.45, 7) is 10.3.